The predicted octanol–water partition coefficient (Wildman–Crippen LogP) is 2.11. The summed E-state index contributed by atoms with van der Waals surface area (Å²) in [5, 5.41) is 16.9. The summed E-state index contributed by atoms with van der Waals surface area (Å²) < 4.78 is 20.5. The third-order valence-electron chi connectivity index (χ3n) is 5.69. The quantitative estimate of drug-likeness (QED) is 0.820. The number of carbonyl (C=O) groups is 2. The van der Waals surface area contributed by atoms with E-state index in [4.69, 9.17) is 4.74 Å². The summed E-state index contributed by atoms with van der Waals surface area (Å²) in [6.45, 7) is 0.768. The van der Waals surface area contributed by atoms with E-state index in [0.29, 0.717) is 37.4 Å². The molecular formula is C20H22FN3O4. The van der Waals surface area contributed by atoms with Crippen LogP contribution in [-0.2, 0) is 22.4 Å². The van der Waals surface area contributed by atoms with Gasteiger partial charge in [-0.2, -0.15) is 5.10 Å². The maximum absolute atomic E-state index is 13.6. The Kier molecular flexibility index (Phi) is 4.89. The number of hydrogen-bond donors (Lipinski definition) is 2. The second-order valence-corrected chi connectivity index (χ2v) is 7.40. The molecule has 0 spiro atoms. The fourth-order valence-corrected chi connectivity index (χ4v) is 4.00. The number of rotatable bonds is 5. The number of halogens is 1. The molecule has 1 aliphatic heterocycles. The molecule has 1 amide bonds. The Morgan fingerprint density at radius 3 is 2.79 bits per heavy atom. The summed E-state index contributed by atoms with van der Waals surface area (Å²) >= 11 is 0. The number of carboxylic acids is 1. The summed E-state index contributed by atoms with van der Waals surface area (Å²) in [7, 11) is 0. The average Bonchev–Trinajstić information content (AvgIpc) is 3.29. The Morgan fingerprint density at radius 2 is 2.07 bits per heavy atom. The molecule has 0 bridgehead atoms. The van der Waals surface area contributed by atoms with E-state index < -0.39 is 11.4 Å². The lowest BCUT2D eigenvalue weighted by atomic mass is 9.80. The SMILES string of the molecule is O=C(NCC1(C(=O)O)CCOCC1)c1nn(-c2cccc(F)c2)c2c1CCC2. The molecule has 1 saturated heterocycles. The molecule has 7 nitrogen and oxygen atoms in total. The number of ether oxygens (including phenoxy) is 1. The standard InChI is InChI=1S/C20H22FN3O4/c21-13-3-1-4-14(11-13)24-16-6-2-5-15(16)17(23-24)18(25)22-12-20(19(26)27)7-9-28-10-8-20/h1,3-4,11H,2,5-10,12H2,(H,22,25)(H,26,27). The van der Waals surface area contributed by atoms with Crippen LogP contribution in [0.15, 0.2) is 24.3 Å². The van der Waals surface area contributed by atoms with Crippen LogP contribution in [0.5, 0.6) is 0 Å². The van der Waals surface area contributed by atoms with Crippen molar-refractivity contribution in [3.63, 3.8) is 0 Å². The molecule has 28 heavy (non-hydrogen) atoms. The minimum Gasteiger partial charge on any atom is -0.481 e. The van der Waals surface area contributed by atoms with Gasteiger partial charge in [0.25, 0.3) is 5.91 Å². The van der Waals surface area contributed by atoms with E-state index in [0.717, 1.165) is 30.5 Å². The molecule has 0 atom stereocenters. The van der Waals surface area contributed by atoms with Crippen molar-refractivity contribution >= 4 is 11.9 Å². The van der Waals surface area contributed by atoms with Gasteiger partial charge in [-0.1, -0.05) is 6.07 Å². The van der Waals surface area contributed by atoms with E-state index in [1.54, 1.807) is 16.8 Å². The van der Waals surface area contributed by atoms with Crippen molar-refractivity contribution in [3.8, 4) is 5.69 Å². The molecule has 0 radical (unpaired) electrons. The molecule has 0 unspecified atom stereocenters. The fourth-order valence-electron chi connectivity index (χ4n) is 4.00. The lowest BCUT2D eigenvalue weighted by Crippen LogP contribution is -2.46. The Bertz CT molecular complexity index is 918. The minimum absolute atomic E-state index is 0.0339. The summed E-state index contributed by atoms with van der Waals surface area (Å²) in [6.07, 6.45) is 3.12. The highest BCUT2D eigenvalue weighted by molar-refractivity contribution is 5.94. The molecule has 2 heterocycles. The number of carbonyl (C=O) groups excluding carboxylic acids is 1. The monoisotopic (exact) mass is 387 g/mol. The first-order chi connectivity index (χ1) is 13.5. The van der Waals surface area contributed by atoms with Crippen LogP contribution in [0.3, 0.4) is 0 Å². The summed E-state index contributed by atoms with van der Waals surface area (Å²) in [5.74, 6) is -1.68. The van der Waals surface area contributed by atoms with Crippen LogP contribution in [0.2, 0.25) is 0 Å². The van der Waals surface area contributed by atoms with Crippen LogP contribution < -0.4 is 5.32 Å². The number of carboxylic acid groups (broad SMARTS) is 1. The van der Waals surface area contributed by atoms with E-state index in [-0.39, 0.29) is 18.3 Å². The number of aromatic nitrogens is 2. The smallest absolute Gasteiger partial charge is 0.311 e. The van der Waals surface area contributed by atoms with Gasteiger partial charge in [0.05, 0.1) is 11.1 Å². The minimum atomic E-state index is -1.01. The Morgan fingerprint density at radius 1 is 1.29 bits per heavy atom. The highest BCUT2D eigenvalue weighted by Crippen LogP contribution is 2.31. The van der Waals surface area contributed by atoms with Crippen molar-refractivity contribution in [1.82, 2.24) is 15.1 Å². The van der Waals surface area contributed by atoms with Gasteiger partial charge in [-0.15, -0.1) is 0 Å². The largest absolute Gasteiger partial charge is 0.481 e. The van der Waals surface area contributed by atoms with Gasteiger partial charge in [0.15, 0.2) is 5.69 Å². The second-order valence-electron chi connectivity index (χ2n) is 7.40. The highest BCUT2D eigenvalue weighted by Gasteiger charge is 2.41. The number of aliphatic carboxylic acids is 1. The number of amides is 1. The van der Waals surface area contributed by atoms with Crippen LogP contribution in [0, 0.1) is 11.2 Å². The Hall–Kier alpha value is -2.74. The molecule has 1 aromatic carbocycles. The van der Waals surface area contributed by atoms with E-state index in [1.807, 2.05) is 0 Å². The topological polar surface area (TPSA) is 93.5 Å². The zero-order valence-electron chi connectivity index (χ0n) is 15.4. The molecule has 4 rings (SSSR count). The van der Waals surface area contributed by atoms with Crippen molar-refractivity contribution in [3.05, 3.63) is 47.0 Å². The van der Waals surface area contributed by atoms with Crippen LogP contribution in [0.1, 0.15) is 41.0 Å². The maximum atomic E-state index is 13.6. The van der Waals surface area contributed by atoms with Gasteiger partial charge in [0.1, 0.15) is 5.82 Å². The van der Waals surface area contributed by atoms with Crippen molar-refractivity contribution in [2.75, 3.05) is 19.8 Å². The van der Waals surface area contributed by atoms with Gasteiger partial charge in [0.2, 0.25) is 0 Å². The van der Waals surface area contributed by atoms with Gasteiger partial charge in [-0.3, -0.25) is 9.59 Å². The number of benzene rings is 1. The van der Waals surface area contributed by atoms with Crippen molar-refractivity contribution in [2.45, 2.75) is 32.1 Å². The van der Waals surface area contributed by atoms with Crippen molar-refractivity contribution in [1.29, 1.82) is 0 Å². The van der Waals surface area contributed by atoms with Crippen molar-refractivity contribution in [2.24, 2.45) is 5.41 Å². The van der Waals surface area contributed by atoms with E-state index in [2.05, 4.69) is 10.4 Å². The molecule has 148 valence electrons. The zero-order valence-corrected chi connectivity index (χ0v) is 15.4. The van der Waals surface area contributed by atoms with Crippen LogP contribution in [0.4, 0.5) is 4.39 Å². The Labute approximate surface area is 161 Å². The molecule has 0 saturated carbocycles. The van der Waals surface area contributed by atoms with Gasteiger partial charge in [-0.25, -0.2) is 9.07 Å². The third kappa shape index (κ3) is 3.28. The van der Waals surface area contributed by atoms with Gasteiger partial charge in [-0.05, 0) is 50.3 Å². The molecule has 2 aliphatic rings. The van der Waals surface area contributed by atoms with E-state index >= 15 is 0 Å². The Balaban J connectivity index is 1.58. The van der Waals surface area contributed by atoms with E-state index in [9.17, 15) is 19.1 Å². The van der Waals surface area contributed by atoms with Crippen LogP contribution >= 0.6 is 0 Å². The lowest BCUT2D eigenvalue weighted by molar-refractivity contribution is -0.154. The molecule has 2 aromatic rings. The molecule has 1 aromatic heterocycles. The molecule has 8 heteroatoms. The normalized spacial score (nSPS) is 17.9. The summed E-state index contributed by atoms with van der Waals surface area (Å²) in [5.41, 5.74) is 1.63. The molecule has 2 N–H and O–H groups in total. The molecular weight excluding hydrogens is 365 g/mol. The lowest BCUT2D eigenvalue weighted by Gasteiger charge is -2.33. The van der Waals surface area contributed by atoms with Gasteiger partial charge >= 0.3 is 5.97 Å². The number of nitrogens with zero attached hydrogens (tertiary/aromatic N) is 2. The van der Waals surface area contributed by atoms with Crippen LogP contribution in [0.25, 0.3) is 5.69 Å². The van der Waals surface area contributed by atoms with Crippen LogP contribution in [-0.4, -0.2) is 46.5 Å². The number of fused-ring (bicyclic) bond motifs is 1. The number of hydrogen-bond acceptors (Lipinski definition) is 4. The first-order valence-corrected chi connectivity index (χ1v) is 9.46. The first-order valence-electron chi connectivity index (χ1n) is 9.46. The third-order valence-corrected chi connectivity index (χ3v) is 5.69. The predicted molar refractivity (Wildman–Crippen MR) is 98.0 cm³/mol. The first kappa shape index (κ1) is 18.6. The average molecular weight is 387 g/mol. The van der Waals surface area contributed by atoms with E-state index in [1.165, 1.54) is 12.1 Å². The maximum Gasteiger partial charge on any atom is 0.311 e. The second kappa shape index (κ2) is 7.35. The summed E-state index contributed by atoms with van der Waals surface area (Å²) in [6, 6.07) is 6.10. The molecule has 1 fully saturated rings. The zero-order chi connectivity index (χ0) is 19.7. The fraction of sp³-hybridized carbons (Fsp3) is 0.450. The van der Waals surface area contributed by atoms with Gasteiger partial charge < -0.3 is 15.2 Å². The highest BCUT2D eigenvalue weighted by atomic mass is 19.1. The van der Waals surface area contributed by atoms with Crippen molar-refractivity contribution < 1.29 is 23.8 Å². The number of nitrogens with one attached hydrogen (secondary N) is 1. The van der Waals surface area contributed by atoms with Gasteiger partial charge in [0, 0.05) is 31.0 Å². The molecule has 1 aliphatic carbocycles. The summed E-state index contributed by atoms with van der Waals surface area (Å²) in [4.78, 5) is 24.6.